The first-order chi connectivity index (χ1) is 4.46. The summed E-state index contributed by atoms with van der Waals surface area (Å²) in [6.07, 6.45) is -8.60. The third-order valence-corrected chi connectivity index (χ3v) is 1.18. The third-order valence-electron chi connectivity index (χ3n) is 1.18. The van der Waals surface area contributed by atoms with Crippen LogP contribution in [0.15, 0.2) is 0 Å². The molecule has 0 saturated heterocycles. The molecule has 0 amide bonds. The molecule has 0 aliphatic carbocycles. The van der Waals surface area contributed by atoms with Crippen molar-refractivity contribution < 1.29 is 17.6 Å². The van der Waals surface area contributed by atoms with Crippen molar-refractivity contribution in [3.05, 3.63) is 0 Å². The van der Waals surface area contributed by atoms with Gasteiger partial charge in [-0.25, -0.2) is 17.6 Å². The van der Waals surface area contributed by atoms with E-state index in [1.165, 1.54) is 0 Å². The average molecular weight is 158 g/mol. The number of rotatable bonds is 3. The minimum absolute atomic E-state index is 0.861. The summed E-state index contributed by atoms with van der Waals surface area (Å²) in [5.74, 6) is 0. The van der Waals surface area contributed by atoms with Gasteiger partial charge >= 0.3 is 0 Å². The fourth-order valence-electron chi connectivity index (χ4n) is 0.507. The van der Waals surface area contributed by atoms with Crippen molar-refractivity contribution in [2.45, 2.75) is 38.5 Å². The minimum Gasteiger partial charge on any atom is -0.244 e. The molecule has 0 saturated carbocycles. The predicted molar refractivity (Wildman–Crippen MR) is 30.9 cm³/mol. The van der Waals surface area contributed by atoms with E-state index >= 15 is 0 Å². The first-order valence-corrected chi connectivity index (χ1v) is 3.03. The van der Waals surface area contributed by atoms with E-state index in [1.807, 2.05) is 0 Å². The van der Waals surface area contributed by atoms with E-state index in [0.717, 1.165) is 13.8 Å². The fraction of sp³-hybridized carbons (Fsp3) is 1.00. The molecule has 0 radical (unpaired) electrons. The molecule has 10 heavy (non-hydrogen) atoms. The molecule has 0 N–H and O–H groups in total. The summed E-state index contributed by atoms with van der Waals surface area (Å²) in [4.78, 5) is 0. The van der Waals surface area contributed by atoms with E-state index in [1.54, 1.807) is 0 Å². The summed E-state index contributed by atoms with van der Waals surface area (Å²) in [6, 6.07) is 0. The normalized spacial score (nSPS) is 23.4. The van der Waals surface area contributed by atoms with E-state index < -0.39 is 24.7 Å². The van der Waals surface area contributed by atoms with Gasteiger partial charge in [0.2, 0.25) is 0 Å². The Labute approximate surface area is 57.2 Å². The number of halogens is 4. The third kappa shape index (κ3) is 2.54. The quantitative estimate of drug-likeness (QED) is 0.553. The zero-order valence-corrected chi connectivity index (χ0v) is 5.82. The second-order valence-corrected chi connectivity index (χ2v) is 2.24. The highest BCUT2D eigenvalue weighted by molar-refractivity contribution is 4.77. The topological polar surface area (TPSA) is 0 Å². The van der Waals surface area contributed by atoms with Gasteiger partial charge in [-0.3, -0.25) is 0 Å². The second-order valence-electron chi connectivity index (χ2n) is 2.24. The molecule has 0 aliphatic heterocycles. The van der Waals surface area contributed by atoms with Crippen molar-refractivity contribution in [3.8, 4) is 0 Å². The Hall–Kier alpha value is -0.280. The molecular formula is C6H10F4. The Morgan fingerprint density at radius 1 is 0.700 bits per heavy atom. The van der Waals surface area contributed by atoms with Crippen LogP contribution in [-0.2, 0) is 0 Å². The van der Waals surface area contributed by atoms with E-state index in [-0.39, 0.29) is 0 Å². The molecule has 0 aliphatic rings. The Balaban J connectivity index is 3.81. The molecule has 0 spiro atoms. The molecule has 0 nitrogen and oxygen atoms in total. The van der Waals surface area contributed by atoms with Gasteiger partial charge < -0.3 is 0 Å². The van der Waals surface area contributed by atoms with Crippen LogP contribution >= 0.6 is 0 Å². The van der Waals surface area contributed by atoms with Gasteiger partial charge in [0, 0.05) is 0 Å². The molecule has 0 heterocycles. The Bertz CT molecular complexity index is 79.7. The highest BCUT2D eigenvalue weighted by Crippen LogP contribution is 2.16. The summed E-state index contributed by atoms with van der Waals surface area (Å²) in [5.41, 5.74) is 0. The van der Waals surface area contributed by atoms with Crippen LogP contribution in [0.2, 0.25) is 0 Å². The summed E-state index contributed by atoms with van der Waals surface area (Å²) < 4.78 is 48.2. The Morgan fingerprint density at radius 3 is 1.00 bits per heavy atom. The van der Waals surface area contributed by atoms with Crippen LogP contribution < -0.4 is 0 Å². The monoisotopic (exact) mass is 158 g/mol. The van der Waals surface area contributed by atoms with Gasteiger partial charge in [-0.15, -0.1) is 0 Å². The summed E-state index contributed by atoms with van der Waals surface area (Å²) in [5, 5.41) is 0. The Morgan fingerprint density at radius 2 is 0.900 bits per heavy atom. The van der Waals surface area contributed by atoms with Gasteiger partial charge in [-0.2, -0.15) is 0 Å². The van der Waals surface area contributed by atoms with Crippen molar-refractivity contribution in [2.75, 3.05) is 0 Å². The number of alkyl halides is 4. The van der Waals surface area contributed by atoms with E-state index in [4.69, 9.17) is 0 Å². The molecule has 0 aromatic carbocycles. The van der Waals surface area contributed by atoms with Crippen LogP contribution in [0, 0.1) is 0 Å². The smallest absolute Gasteiger partial charge is 0.165 e. The first kappa shape index (κ1) is 9.72. The highest BCUT2D eigenvalue weighted by atomic mass is 19.2. The Kier molecular flexibility index (Phi) is 3.68. The number of hydrogen-bond donors (Lipinski definition) is 0. The van der Waals surface area contributed by atoms with Gasteiger partial charge in [0.05, 0.1) is 0 Å². The lowest BCUT2D eigenvalue weighted by Gasteiger charge is -2.14. The average Bonchev–Trinajstić information content (AvgIpc) is 1.84. The molecule has 0 fully saturated rings. The van der Waals surface area contributed by atoms with Crippen LogP contribution in [0.25, 0.3) is 0 Å². The van der Waals surface area contributed by atoms with E-state index in [0.29, 0.717) is 0 Å². The molecule has 0 aromatic rings. The first-order valence-electron chi connectivity index (χ1n) is 3.03. The van der Waals surface area contributed by atoms with Crippen LogP contribution in [0.1, 0.15) is 13.8 Å². The highest BCUT2D eigenvalue weighted by Gasteiger charge is 2.31. The fourth-order valence-corrected chi connectivity index (χ4v) is 0.507. The van der Waals surface area contributed by atoms with Crippen molar-refractivity contribution in [2.24, 2.45) is 0 Å². The van der Waals surface area contributed by atoms with E-state index in [9.17, 15) is 17.6 Å². The van der Waals surface area contributed by atoms with Crippen molar-refractivity contribution in [3.63, 3.8) is 0 Å². The zero-order valence-electron chi connectivity index (χ0n) is 5.82. The predicted octanol–water partition coefficient (Wildman–Crippen LogP) is 2.38. The summed E-state index contributed by atoms with van der Waals surface area (Å²) in [6.45, 7) is 1.72. The summed E-state index contributed by atoms with van der Waals surface area (Å²) >= 11 is 0. The van der Waals surface area contributed by atoms with Crippen LogP contribution in [0.5, 0.6) is 0 Å². The van der Waals surface area contributed by atoms with Crippen molar-refractivity contribution in [1.29, 1.82) is 0 Å². The maximum absolute atomic E-state index is 12.2. The summed E-state index contributed by atoms with van der Waals surface area (Å²) in [7, 11) is 0. The molecule has 0 aromatic heterocycles. The lowest BCUT2D eigenvalue weighted by atomic mass is 10.1. The van der Waals surface area contributed by atoms with Gasteiger partial charge in [0.25, 0.3) is 0 Å². The second kappa shape index (κ2) is 3.78. The van der Waals surface area contributed by atoms with E-state index in [2.05, 4.69) is 0 Å². The lowest BCUT2D eigenvalue weighted by molar-refractivity contribution is 0.0453. The van der Waals surface area contributed by atoms with Crippen LogP contribution in [0.4, 0.5) is 17.6 Å². The van der Waals surface area contributed by atoms with Gasteiger partial charge in [-0.05, 0) is 13.8 Å². The largest absolute Gasteiger partial charge is 0.244 e. The maximum Gasteiger partial charge on any atom is 0.165 e. The van der Waals surface area contributed by atoms with Crippen molar-refractivity contribution in [1.82, 2.24) is 0 Å². The van der Waals surface area contributed by atoms with Crippen LogP contribution in [0.3, 0.4) is 0 Å². The van der Waals surface area contributed by atoms with Gasteiger partial charge in [0.15, 0.2) is 12.3 Å². The minimum atomic E-state index is -2.35. The molecule has 0 bridgehead atoms. The zero-order chi connectivity index (χ0) is 8.31. The SMILES string of the molecule is C[C@H](F)[C@H](F)[C@@H](F)[C@@H](C)F. The standard InChI is InChI=1S/C6H10F4/c1-3(7)5(9)6(10)4(2)8/h3-6H,1-2H3/t3-,4+,5-,6-/m0/s1. The molecule has 4 atom stereocenters. The molecule has 0 unspecified atom stereocenters. The molecule has 62 valence electrons. The molecular weight excluding hydrogens is 148 g/mol. The molecule has 4 heteroatoms. The lowest BCUT2D eigenvalue weighted by Crippen LogP contribution is -2.32. The maximum atomic E-state index is 12.2. The number of hydrogen-bond acceptors (Lipinski definition) is 0. The van der Waals surface area contributed by atoms with Gasteiger partial charge in [-0.1, -0.05) is 0 Å². The van der Waals surface area contributed by atoms with Crippen LogP contribution in [-0.4, -0.2) is 24.7 Å². The van der Waals surface area contributed by atoms with Gasteiger partial charge in [0.1, 0.15) is 12.3 Å². The van der Waals surface area contributed by atoms with Crippen molar-refractivity contribution >= 4 is 0 Å². The molecule has 0 rings (SSSR count).